The third-order valence-electron chi connectivity index (χ3n) is 3.61. The second kappa shape index (κ2) is 4.43. The van der Waals surface area contributed by atoms with Gasteiger partial charge in [0.2, 0.25) is 0 Å². The Morgan fingerprint density at radius 1 is 1.31 bits per heavy atom. The second-order valence-electron chi connectivity index (χ2n) is 5.10. The highest BCUT2D eigenvalue weighted by molar-refractivity contribution is 4.82. The lowest BCUT2D eigenvalue weighted by Crippen LogP contribution is -2.37. The first-order valence-corrected chi connectivity index (χ1v) is 5.45. The Bertz CT molecular complexity index is 146. The standard InChI is InChI=1S/C11H24N2/c1-11(2,6-7-12)10-4-8-13(3)9-5-10/h10H,4-9,12H2,1-3H3. The molecule has 2 N–H and O–H groups in total. The van der Waals surface area contributed by atoms with E-state index in [9.17, 15) is 0 Å². The lowest BCUT2D eigenvalue weighted by molar-refractivity contribution is 0.109. The van der Waals surface area contributed by atoms with E-state index in [2.05, 4.69) is 25.8 Å². The van der Waals surface area contributed by atoms with Gasteiger partial charge in [-0.1, -0.05) is 13.8 Å². The molecule has 1 heterocycles. The molecular formula is C11H24N2. The van der Waals surface area contributed by atoms with Crippen LogP contribution in [-0.4, -0.2) is 31.6 Å². The van der Waals surface area contributed by atoms with Crippen LogP contribution in [0.4, 0.5) is 0 Å². The largest absolute Gasteiger partial charge is 0.330 e. The van der Waals surface area contributed by atoms with E-state index in [1.807, 2.05) is 0 Å². The van der Waals surface area contributed by atoms with Crippen molar-refractivity contribution in [2.24, 2.45) is 17.1 Å². The fourth-order valence-corrected chi connectivity index (χ4v) is 2.37. The molecule has 0 amide bonds. The van der Waals surface area contributed by atoms with E-state index in [4.69, 9.17) is 5.73 Å². The molecule has 0 bridgehead atoms. The van der Waals surface area contributed by atoms with E-state index in [-0.39, 0.29) is 0 Å². The molecule has 0 spiro atoms. The number of nitrogens with zero attached hydrogens (tertiary/aromatic N) is 1. The summed E-state index contributed by atoms with van der Waals surface area (Å²) in [6, 6.07) is 0. The number of nitrogens with two attached hydrogens (primary N) is 1. The van der Waals surface area contributed by atoms with Gasteiger partial charge < -0.3 is 10.6 Å². The zero-order valence-corrected chi connectivity index (χ0v) is 9.34. The molecule has 2 heteroatoms. The molecule has 1 aliphatic heterocycles. The minimum absolute atomic E-state index is 0.454. The minimum Gasteiger partial charge on any atom is -0.330 e. The van der Waals surface area contributed by atoms with Gasteiger partial charge in [-0.2, -0.15) is 0 Å². The van der Waals surface area contributed by atoms with Gasteiger partial charge >= 0.3 is 0 Å². The molecule has 1 fully saturated rings. The lowest BCUT2D eigenvalue weighted by Gasteiger charge is -2.39. The Morgan fingerprint density at radius 3 is 2.31 bits per heavy atom. The predicted octanol–water partition coefficient (Wildman–Crippen LogP) is 1.70. The van der Waals surface area contributed by atoms with E-state index < -0.39 is 0 Å². The number of hydrogen-bond acceptors (Lipinski definition) is 2. The lowest BCUT2D eigenvalue weighted by atomic mass is 9.72. The van der Waals surface area contributed by atoms with Crippen molar-refractivity contribution >= 4 is 0 Å². The van der Waals surface area contributed by atoms with Crippen LogP contribution in [0.2, 0.25) is 0 Å². The maximum Gasteiger partial charge on any atom is -0.00189 e. The molecule has 0 aromatic carbocycles. The van der Waals surface area contributed by atoms with Gasteiger partial charge in [-0.3, -0.25) is 0 Å². The summed E-state index contributed by atoms with van der Waals surface area (Å²) in [7, 11) is 2.21. The van der Waals surface area contributed by atoms with E-state index >= 15 is 0 Å². The predicted molar refractivity (Wildman–Crippen MR) is 57.7 cm³/mol. The Balaban J connectivity index is 2.42. The average Bonchev–Trinajstić information content (AvgIpc) is 2.05. The third-order valence-corrected chi connectivity index (χ3v) is 3.61. The molecule has 0 unspecified atom stereocenters. The zero-order valence-electron chi connectivity index (χ0n) is 9.34. The first-order valence-electron chi connectivity index (χ1n) is 5.45. The van der Waals surface area contributed by atoms with Crippen molar-refractivity contribution in [3.05, 3.63) is 0 Å². The zero-order chi connectivity index (χ0) is 9.90. The Kier molecular flexibility index (Phi) is 3.74. The second-order valence-corrected chi connectivity index (χ2v) is 5.10. The third kappa shape index (κ3) is 2.96. The smallest absolute Gasteiger partial charge is 0.00189 e. The van der Waals surface area contributed by atoms with Crippen LogP contribution in [0.15, 0.2) is 0 Å². The van der Waals surface area contributed by atoms with Crippen molar-refractivity contribution in [1.29, 1.82) is 0 Å². The van der Waals surface area contributed by atoms with Crippen LogP contribution in [0.1, 0.15) is 33.1 Å². The summed E-state index contributed by atoms with van der Waals surface area (Å²) < 4.78 is 0. The van der Waals surface area contributed by atoms with Crippen molar-refractivity contribution in [2.45, 2.75) is 33.1 Å². The van der Waals surface area contributed by atoms with Gasteiger partial charge in [0.25, 0.3) is 0 Å². The van der Waals surface area contributed by atoms with Crippen LogP contribution in [0.25, 0.3) is 0 Å². The van der Waals surface area contributed by atoms with Gasteiger partial charge in [0.05, 0.1) is 0 Å². The van der Waals surface area contributed by atoms with Gasteiger partial charge in [-0.25, -0.2) is 0 Å². The summed E-state index contributed by atoms with van der Waals surface area (Å²) in [6.07, 6.45) is 3.87. The van der Waals surface area contributed by atoms with Gasteiger partial charge in [0.15, 0.2) is 0 Å². The molecule has 0 atom stereocenters. The molecule has 0 aliphatic carbocycles. The topological polar surface area (TPSA) is 29.3 Å². The number of rotatable bonds is 3. The van der Waals surface area contributed by atoms with Crippen molar-refractivity contribution < 1.29 is 0 Å². The van der Waals surface area contributed by atoms with Crippen LogP contribution in [0, 0.1) is 11.3 Å². The molecule has 1 saturated heterocycles. The van der Waals surface area contributed by atoms with Crippen molar-refractivity contribution in [3.8, 4) is 0 Å². The van der Waals surface area contributed by atoms with Crippen LogP contribution in [0.5, 0.6) is 0 Å². The summed E-state index contributed by atoms with van der Waals surface area (Å²) in [4.78, 5) is 2.43. The minimum atomic E-state index is 0.454. The van der Waals surface area contributed by atoms with Gasteiger partial charge in [-0.05, 0) is 57.3 Å². The van der Waals surface area contributed by atoms with Crippen LogP contribution in [0.3, 0.4) is 0 Å². The normalized spacial score (nSPS) is 22.2. The van der Waals surface area contributed by atoms with E-state index in [1.54, 1.807) is 0 Å². The highest BCUT2D eigenvalue weighted by atomic mass is 15.1. The number of likely N-dealkylation sites (tertiary alicyclic amines) is 1. The first-order chi connectivity index (χ1) is 6.06. The van der Waals surface area contributed by atoms with E-state index in [1.165, 1.54) is 32.4 Å². The Morgan fingerprint density at radius 2 is 1.85 bits per heavy atom. The van der Waals surface area contributed by atoms with Gasteiger partial charge in [0, 0.05) is 0 Å². The van der Waals surface area contributed by atoms with Crippen LogP contribution < -0.4 is 5.73 Å². The highest BCUT2D eigenvalue weighted by Crippen LogP contribution is 2.36. The van der Waals surface area contributed by atoms with E-state index in [0.717, 1.165) is 12.5 Å². The number of hydrogen-bond donors (Lipinski definition) is 1. The molecule has 0 aromatic heterocycles. The molecule has 0 aromatic rings. The SMILES string of the molecule is CN1CCC(C(C)(C)CCN)CC1. The first kappa shape index (κ1) is 11.0. The summed E-state index contributed by atoms with van der Waals surface area (Å²) in [6.45, 7) is 8.10. The van der Waals surface area contributed by atoms with Gasteiger partial charge in [0.1, 0.15) is 0 Å². The molecule has 1 aliphatic rings. The molecule has 13 heavy (non-hydrogen) atoms. The summed E-state index contributed by atoms with van der Waals surface area (Å²) in [5.74, 6) is 0.882. The Hall–Kier alpha value is -0.0800. The summed E-state index contributed by atoms with van der Waals surface area (Å²) in [5.41, 5.74) is 6.09. The van der Waals surface area contributed by atoms with Crippen molar-refractivity contribution in [1.82, 2.24) is 4.90 Å². The van der Waals surface area contributed by atoms with Crippen LogP contribution >= 0.6 is 0 Å². The fraction of sp³-hybridized carbons (Fsp3) is 1.00. The van der Waals surface area contributed by atoms with Crippen molar-refractivity contribution in [2.75, 3.05) is 26.7 Å². The molecule has 78 valence electrons. The molecule has 0 saturated carbocycles. The fourth-order valence-electron chi connectivity index (χ4n) is 2.37. The Labute approximate surface area is 82.5 Å². The summed E-state index contributed by atoms with van der Waals surface area (Å²) >= 11 is 0. The molecular weight excluding hydrogens is 160 g/mol. The van der Waals surface area contributed by atoms with Crippen LogP contribution in [-0.2, 0) is 0 Å². The van der Waals surface area contributed by atoms with Crippen molar-refractivity contribution in [3.63, 3.8) is 0 Å². The molecule has 2 nitrogen and oxygen atoms in total. The molecule has 0 radical (unpaired) electrons. The highest BCUT2D eigenvalue weighted by Gasteiger charge is 2.30. The summed E-state index contributed by atoms with van der Waals surface area (Å²) in [5, 5.41) is 0. The number of piperidine rings is 1. The molecule has 1 rings (SSSR count). The van der Waals surface area contributed by atoms with Gasteiger partial charge in [-0.15, -0.1) is 0 Å². The van der Waals surface area contributed by atoms with E-state index in [0.29, 0.717) is 5.41 Å². The maximum atomic E-state index is 5.64. The average molecular weight is 184 g/mol. The quantitative estimate of drug-likeness (QED) is 0.723. The monoisotopic (exact) mass is 184 g/mol. The maximum absolute atomic E-state index is 5.64.